The van der Waals surface area contributed by atoms with E-state index >= 15 is 0 Å². The van der Waals surface area contributed by atoms with Crippen LogP contribution in [0.3, 0.4) is 0 Å². The number of carbonyl (C=O) groups excluding carboxylic acids is 1. The van der Waals surface area contributed by atoms with Crippen LogP contribution in [0.2, 0.25) is 0 Å². The second-order valence-corrected chi connectivity index (χ2v) is 3.61. The number of rotatable bonds is 4. The van der Waals surface area contributed by atoms with E-state index in [1.807, 2.05) is 6.92 Å². The molecule has 1 atom stereocenters. The summed E-state index contributed by atoms with van der Waals surface area (Å²) in [7, 11) is 4.39. The third kappa shape index (κ3) is 1.58. The summed E-state index contributed by atoms with van der Waals surface area (Å²) in [5.74, 6) is -1.46. The van der Waals surface area contributed by atoms with Crippen LogP contribution in [0, 0.1) is 5.41 Å². The molecular formula is C12H18O4. The van der Waals surface area contributed by atoms with Crippen molar-refractivity contribution in [3.05, 3.63) is 24.3 Å². The van der Waals surface area contributed by atoms with Gasteiger partial charge in [0.15, 0.2) is 0 Å². The Morgan fingerprint density at radius 1 is 1.12 bits per heavy atom. The summed E-state index contributed by atoms with van der Waals surface area (Å²) in [5, 5.41) is 0. The van der Waals surface area contributed by atoms with Crippen LogP contribution in [0.25, 0.3) is 0 Å². The van der Waals surface area contributed by atoms with Crippen LogP contribution >= 0.6 is 0 Å². The molecule has 0 aromatic carbocycles. The van der Waals surface area contributed by atoms with Crippen LogP contribution in [0.15, 0.2) is 24.3 Å². The standard InChI is InChI=1S/C12H18O4/c1-5-11(10(13)14-2)8-6-7-9-12(11,15-3)16-4/h6-9H,5H2,1-4H3. The number of methoxy groups -OCH3 is 3. The molecular weight excluding hydrogens is 208 g/mol. The van der Waals surface area contributed by atoms with Crippen molar-refractivity contribution in [2.45, 2.75) is 19.1 Å². The zero-order valence-electron chi connectivity index (χ0n) is 10.1. The molecule has 0 radical (unpaired) electrons. The minimum absolute atomic E-state index is 0.362. The van der Waals surface area contributed by atoms with Crippen LogP contribution < -0.4 is 0 Å². The molecule has 90 valence electrons. The average molecular weight is 226 g/mol. The number of allylic oxidation sites excluding steroid dienone is 2. The van der Waals surface area contributed by atoms with E-state index in [-0.39, 0.29) is 5.97 Å². The fraction of sp³-hybridized carbons (Fsp3) is 0.583. The summed E-state index contributed by atoms with van der Waals surface area (Å²) < 4.78 is 15.7. The largest absolute Gasteiger partial charge is 0.468 e. The van der Waals surface area contributed by atoms with Crippen molar-refractivity contribution >= 4 is 5.97 Å². The molecule has 4 heteroatoms. The minimum Gasteiger partial charge on any atom is -0.468 e. The van der Waals surface area contributed by atoms with E-state index < -0.39 is 11.2 Å². The summed E-state index contributed by atoms with van der Waals surface area (Å²) in [6, 6.07) is 0. The quantitative estimate of drug-likeness (QED) is 0.540. The fourth-order valence-electron chi connectivity index (χ4n) is 2.15. The maximum Gasteiger partial charge on any atom is 0.321 e. The highest BCUT2D eigenvalue weighted by Crippen LogP contribution is 2.44. The molecule has 16 heavy (non-hydrogen) atoms. The molecule has 1 unspecified atom stereocenters. The first kappa shape index (κ1) is 12.9. The van der Waals surface area contributed by atoms with Crippen molar-refractivity contribution in [3.8, 4) is 0 Å². The van der Waals surface area contributed by atoms with E-state index in [1.54, 1.807) is 24.3 Å². The molecule has 1 aliphatic carbocycles. The first-order valence-corrected chi connectivity index (χ1v) is 5.18. The van der Waals surface area contributed by atoms with E-state index in [0.29, 0.717) is 6.42 Å². The molecule has 0 saturated carbocycles. The van der Waals surface area contributed by atoms with Crippen LogP contribution in [0.4, 0.5) is 0 Å². The number of esters is 1. The van der Waals surface area contributed by atoms with Crippen molar-refractivity contribution < 1.29 is 19.0 Å². The van der Waals surface area contributed by atoms with Crippen molar-refractivity contribution in [1.29, 1.82) is 0 Å². The van der Waals surface area contributed by atoms with Gasteiger partial charge in [-0.1, -0.05) is 25.2 Å². The third-order valence-electron chi connectivity index (χ3n) is 3.14. The smallest absolute Gasteiger partial charge is 0.321 e. The molecule has 0 aromatic heterocycles. The maximum atomic E-state index is 12.0. The van der Waals surface area contributed by atoms with Gasteiger partial charge in [0.1, 0.15) is 5.41 Å². The van der Waals surface area contributed by atoms with Crippen LogP contribution in [0.1, 0.15) is 13.3 Å². The highest BCUT2D eigenvalue weighted by Gasteiger charge is 2.55. The Morgan fingerprint density at radius 3 is 2.12 bits per heavy atom. The molecule has 0 saturated heterocycles. The van der Waals surface area contributed by atoms with Gasteiger partial charge in [-0.25, -0.2) is 0 Å². The lowest BCUT2D eigenvalue weighted by Crippen LogP contribution is -2.54. The van der Waals surface area contributed by atoms with Crippen molar-refractivity contribution in [1.82, 2.24) is 0 Å². The zero-order chi connectivity index (χ0) is 12.2. The van der Waals surface area contributed by atoms with Gasteiger partial charge in [-0.15, -0.1) is 0 Å². The molecule has 0 heterocycles. The number of hydrogen-bond donors (Lipinski definition) is 0. The maximum absolute atomic E-state index is 12.0. The van der Waals surface area contributed by atoms with Gasteiger partial charge in [0.05, 0.1) is 7.11 Å². The Bertz CT molecular complexity index is 315. The van der Waals surface area contributed by atoms with Gasteiger partial charge in [-0.2, -0.15) is 0 Å². The molecule has 0 amide bonds. The molecule has 0 N–H and O–H groups in total. The third-order valence-corrected chi connectivity index (χ3v) is 3.14. The lowest BCUT2D eigenvalue weighted by Gasteiger charge is -2.43. The van der Waals surface area contributed by atoms with Crippen molar-refractivity contribution in [2.24, 2.45) is 5.41 Å². The predicted octanol–water partition coefficient (Wildman–Crippen LogP) is 1.67. The Labute approximate surface area is 95.9 Å². The highest BCUT2D eigenvalue weighted by atomic mass is 16.7. The van der Waals surface area contributed by atoms with Gasteiger partial charge in [0, 0.05) is 14.2 Å². The Hall–Kier alpha value is -1.13. The van der Waals surface area contributed by atoms with Gasteiger partial charge in [0.2, 0.25) is 5.79 Å². The first-order valence-electron chi connectivity index (χ1n) is 5.18. The predicted molar refractivity (Wildman–Crippen MR) is 59.8 cm³/mol. The second-order valence-electron chi connectivity index (χ2n) is 3.61. The molecule has 0 bridgehead atoms. The molecule has 1 rings (SSSR count). The SMILES string of the molecule is CCC1(C(=O)OC)C=CC=CC1(OC)OC. The molecule has 0 fully saturated rings. The lowest BCUT2D eigenvalue weighted by molar-refractivity contribution is -0.237. The Balaban J connectivity index is 3.28. The average Bonchev–Trinajstić information content (AvgIpc) is 2.37. The summed E-state index contributed by atoms with van der Waals surface area (Å²) in [6.45, 7) is 1.90. The number of hydrogen-bond acceptors (Lipinski definition) is 4. The Kier molecular flexibility index (Phi) is 3.88. The number of carbonyl (C=O) groups is 1. The summed E-state index contributed by atoms with van der Waals surface area (Å²) in [4.78, 5) is 12.0. The summed E-state index contributed by atoms with van der Waals surface area (Å²) in [6.07, 6.45) is 7.63. The summed E-state index contributed by atoms with van der Waals surface area (Å²) >= 11 is 0. The van der Waals surface area contributed by atoms with E-state index in [9.17, 15) is 4.79 Å². The van der Waals surface area contributed by atoms with Gasteiger partial charge in [-0.05, 0) is 12.5 Å². The Morgan fingerprint density at radius 2 is 1.69 bits per heavy atom. The highest BCUT2D eigenvalue weighted by molar-refractivity contribution is 5.81. The minimum atomic E-state index is -1.09. The zero-order valence-corrected chi connectivity index (χ0v) is 10.1. The summed E-state index contributed by atoms with van der Waals surface area (Å²) in [5.41, 5.74) is -0.931. The second kappa shape index (κ2) is 4.80. The molecule has 0 aromatic rings. The molecule has 1 aliphatic rings. The molecule has 0 aliphatic heterocycles. The van der Waals surface area contributed by atoms with Gasteiger partial charge < -0.3 is 14.2 Å². The van der Waals surface area contributed by atoms with Crippen molar-refractivity contribution in [2.75, 3.05) is 21.3 Å². The van der Waals surface area contributed by atoms with Crippen LogP contribution in [-0.2, 0) is 19.0 Å². The number of ether oxygens (including phenoxy) is 3. The van der Waals surface area contributed by atoms with Crippen LogP contribution in [-0.4, -0.2) is 33.1 Å². The van der Waals surface area contributed by atoms with E-state index in [1.165, 1.54) is 21.3 Å². The molecule has 0 spiro atoms. The first-order chi connectivity index (χ1) is 7.62. The van der Waals surface area contributed by atoms with E-state index in [2.05, 4.69) is 0 Å². The fourth-order valence-corrected chi connectivity index (χ4v) is 2.15. The van der Waals surface area contributed by atoms with Gasteiger partial charge in [0.25, 0.3) is 0 Å². The van der Waals surface area contributed by atoms with E-state index in [4.69, 9.17) is 14.2 Å². The van der Waals surface area contributed by atoms with Gasteiger partial charge >= 0.3 is 5.97 Å². The van der Waals surface area contributed by atoms with Gasteiger partial charge in [-0.3, -0.25) is 4.79 Å². The topological polar surface area (TPSA) is 44.8 Å². The monoisotopic (exact) mass is 226 g/mol. The molecule has 4 nitrogen and oxygen atoms in total. The normalized spacial score (nSPS) is 26.8. The lowest BCUT2D eigenvalue weighted by atomic mass is 9.73. The van der Waals surface area contributed by atoms with E-state index in [0.717, 1.165) is 0 Å². The van der Waals surface area contributed by atoms with Crippen LogP contribution in [0.5, 0.6) is 0 Å². The van der Waals surface area contributed by atoms with Crippen molar-refractivity contribution in [3.63, 3.8) is 0 Å².